The van der Waals surface area contributed by atoms with Gasteiger partial charge in [-0.05, 0) is 23.1 Å². The van der Waals surface area contributed by atoms with Gasteiger partial charge >= 0.3 is 0 Å². The maximum atomic E-state index is 13.2. The second kappa shape index (κ2) is 3.15. The lowest BCUT2D eigenvalue weighted by Crippen LogP contribution is -1.83. The van der Waals surface area contributed by atoms with Crippen molar-refractivity contribution in [1.29, 1.82) is 5.26 Å². The third kappa shape index (κ3) is 1.30. The van der Waals surface area contributed by atoms with Gasteiger partial charge in [-0.25, -0.2) is 4.39 Å². The molecule has 1 aromatic heterocycles. The van der Waals surface area contributed by atoms with Gasteiger partial charge in [0.1, 0.15) is 5.82 Å². The van der Waals surface area contributed by atoms with Gasteiger partial charge in [-0.15, -0.1) is 11.3 Å². The number of hydrogen-bond donors (Lipinski definition) is 0. The highest BCUT2D eigenvalue weighted by Gasteiger charge is 2.05. The molecule has 0 amide bonds. The number of hydrogen-bond acceptors (Lipinski definition) is 2. The van der Waals surface area contributed by atoms with Gasteiger partial charge in [-0.2, -0.15) is 5.26 Å². The van der Waals surface area contributed by atoms with E-state index in [0.29, 0.717) is 11.8 Å². The minimum Gasteiger partial charge on any atom is -0.206 e. The molecule has 1 heterocycles. The van der Waals surface area contributed by atoms with E-state index in [1.165, 1.54) is 17.4 Å². The van der Waals surface area contributed by atoms with Crippen LogP contribution in [0.1, 0.15) is 5.56 Å². The van der Waals surface area contributed by atoms with Crippen molar-refractivity contribution in [3.05, 3.63) is 35.0 Å². The van der Waals surface area contributed by atoms with Gasteiger partial charge in [0.25, 0.3) is 0 Å². The third-order valence-electron chi connectivity index (χ3n) is 1.91. The van der Waals surface area contributed by atoms with Crippen molar-refractivity contribution in [2.24, 2.45) is 0 Å². The molecular formula is C10H6FNS. The first-order valence-electron chi connectivity index (χ1n) is 3.84. The minimum absolute atomic E-state index is 0.210. The van der Waals surface area contributed by atoms with E-state index in [1.807, 2.05) is 5.38 Å². The standard InChI is InChI=1S/C10H6FNS/c11-9-2-1-7(3-5-12)10-8(9)4-6-13-10/h1-2,4,6H,3H2. The molecule has 1 nitrogen and oxygen atoms in total. The van der Waals surface area contributed by atoms with Gasteiger partial charge in [0.2, 0.25) is 0 Å². The molecule has 0 unspecified atom stereocenters. The quantitative estimate of drug-likeness (QED) is 0.679. The molecule has 64 valence electrons. The predicted molar refractivity (Wildman–Crippen MR) is 51.1 cm³/mol. The van der Waals surface area contributed by atoms with Crippen molar-refractivity contribution in [3.8, 4) is 6.07 Å². The number of benzene rings is 1. The van der Waals surface area contributed by atoms with E-state index < -0.39 is 0 Å². The molecule has 1 aromatic carbocycles. The Morgan fingerprint density at radius 3 is 3.00 bits per heavy atom. The van der Waals surface area contributed by atoms with Gasteiger partial charge in [0.05, 0.1) is 12.5 Å². The Hall–Kier alpha value is -1.40. The summed E-state index contributed by atoms with van der Waals surface area (Å²) in [6.07, 6.45) is 0.345. The Bertz CT molecular complexity index is 481. The number of fused-ring (bicyclic) bond motifs is 1. The van der Waals surface area contributed by atoms with Gasteiger partial charge in [0, 0.05) is 10.1 Å². The maximum absolute atomic E-state index is 13.2. The maximum Gasteiger partial charge on any atom is 0.131 e. The normalized spacial score (nSPS) is 10.2. The van der Waals surface area contributed by atoms with Crippen LogP contribution in [0, 0.1) is 17.1 Å². The minimum atomic E-state index is -0.210. The molecule has 0 aliphatic rings. The van der Waals surface area contributed by atoms with E-state index in [2.05, 4.69) is 6.07 Å². The van der Waals surface area contributed by atoms with Gasteiger partial charge in [0.15, 0.2) is 0 Å². The Morgan fingerprint density at radius 2 is 2.23 bits per heavy atom. The monoisotopic (exact) mass is 191 g/mol. The highest BCUT2D eigenvalue weighted by Crippen LogP contribution is 2.27. The first-order valence-corrected chi connectivity index (χ1v) is 4.72. The lowest BCUT2D eigenvalue weighted by atomic mass is 10.1. The second-order valence-corrected chi connectivity index (χ2v) is 3.62. The third-order valence-corrected chi connectivity index (χ3v) is 2.90. The molecule has 0 atom stereocenters. The van der Waals surface area contributed by atoms with Crippen LogP contribution in [0.25, 0.3) is 10.1 Å². The Labute approximate surface area is 79.0 Å². The van der Waals surface area contributed by atoms with Crippen LogP contribution in [-0.2, 0) is 6.42 Å². The summed E-state index contributed by atoms with van der Waals surface area (Å²) in [6.45, 7) is 0. The molecular weight excluding hydrogens is 185 g/mol. The van der Waals surface area contributed by atoms with Crippen molar-refractivity contribution in [2.75, 3.05) is 0 Å². The summed E-state index contributed by atoms with van der Waals surface area (Å²) in [7, 11) is 0. The Kier molecular flexibility index (Phi) is 1.99. The highest BCUT2D eigenvalue weighted by molar-refractivity contribution is 7.17. The lowest BCUT2D eigenvalue weighted by molar-refractivity contribution is 0.640. The second-order valence-electron chi connectivity index (χ2n) is 2.70. The van der Waals surface area contributed by atoms with Gasteiger partial charge in [-0.3, -0.25) is 0 Å². The largest absolute Gasteiger partial charge is 0.206 e. The van der Waals surface area contributed by atoms with Crippen LogP contribution in [-0.4, -0.2) is 0 Å². The van der Waals surface area contributed by atoms with Crippen molar-refractivity contribution < 1.29 is 4.39 Å². The summed E-state index contributed by atoms with van der Waals surface area (Å²) < 4.78 is 14.1. The van der Waals surface area contributed by atoms with Crippen LogP contribution in [0.2, 0.25) is 0 Å². The Morgan fingerprint density at radius 1 is 1.38 bits per heavy atom. The summed E-state index contributed by atoms with van der Waals surface area (Å²) in [6, 6.07) is 6.91. The van der Waals surface area contributed by atoms with Crippen molar-refractivity contribution in [1.82, 2.24) is 0 Å². The van der Waals surface area contributed by atoms with E-state index in [9.17, 15) is 4.39 Å². The van der Waals surface area contributed by atoms with Gasteiger partial charge in [-0.1, -0.05) is 6.07 Å². The van der Waals surface area contributed by atoms with Gasteiger partial charge < -0.3 is 0 Å². The Balaban J connectivity index is 2.72. The van der Waals surface area contributed by atoms with Crippen molar-refractivity contribution >= 4 is 21.4 Å². The zero-order valence-corrected chi connectivity index (χ0v) is 7.57. The fourth-order valence-corrected chi connectivity index (χ4v) is 2.23. The molecule has 0 radical (unpaired) electrons. The zero-order chi connectivity index (χ0) is 9.26. The summed E-state index contributed by atoms with van der Waals surface area (Å²) in [4.78, 5) is 0. The van der Waals surface area contributed by atoms with Crippen LogP contribution >= 0.6 is 11.3 Å². The zero-order valence-electron chi connectivity index (χ0n) is 6.75. The van der Waals surface area contributed by atoms with E-state index in [4.69, 9.17) is 5.26 Å². The number of rotatable bonds is 1. The fraction of sp³-hybridized carbons (Fsp3) is 0.100. The van der Waals surface area contributed by atoms with Crippen LogP contribution in [0.3, 0.4) is 0 Å². The number of halogens is 1. The van der Waals surface area contributed by atoms with E-state index >= 15 is 0 Å². The van der Waals surface area contributed by atoms with Crippen LogP contribution < -0.4 is 0 Å². The van der Waals surface area contributed by atoms with Crippen LogP contribution in [0.15, 0.2) is 23.6 Å². The molecule has 0 bridgehead atoms. The topological polar surface area (TPSA) is 23.8 Å². The lowest BCUT2D eigenvalue weighted by Gasteiger charge is -1.97. The predicted octanol–water partition coefficient (Wildman–Crippen LogP) is 3.11. The molecule has 0 saturated carbocycles. The summed E-state index contributed by atoms with van der Waals surface area (Å²) in [5, 5.41) is 11.0. The molecule has 0 saturated heterocycles. The van der Waals surface area contributed by atoms with Crippen LogP contribution in [0.4, 0.5) is 4.39 Å². The molecule has 3 heteroatoms. The molecule has 0 spiro atoms. The average molecular weight is 191 g/mol. The first-order chi connectivity index (χ1) is 6.33. The summed E-state index contributed by atoms with van der Waals surface area (Å²) in [5.41, 5.74) is 0.911. The molecule has 0 fully saturated rings. The van der Waals surface area contributed by atoms with E-state index in [1.54, 1.807) is 12.1 Å². The van der Waals surface area contributed by atoms with Crippen LogP contribution in [0.5, 0.6) is 0 Å². The molecule has 0 aliphatic heterocycles. The number of nitriles is 1. The molecule has 2 rings (SSSR count). The summed E-state index contributed by atoms with van der Waals surface area (Å²) in [5.74, 6) is -0.210. The molecule has 0 aliphatic carbocycles. The highest BCUT2D eigenvalue weighted by atomic mass is 32.1. The number of thiophene rings is 1. The average Bonchev–Trinajstić information content (AvgIpc) is 2.59. The van der Waals surface area contributed by atoms with E-state index in [-0.39, 0.29) is 5.82 Å². The van der Waals surface area contributed by atoms with Crippen molar-refractivity contribution in [3.63, 3.8) is 0 Å². The molecule has 0 N–H and O–H groups in total. The van der Waals surface area contributed by atoms with E-state index in [0.717, 1.165) is 10.3 Å². The molecule has 2 aromatic rings. The molecule has 13 heavy (non-hydrogen) atoms. The SMILES string of the molecule is N#CCc1ccc(F)c2ccsc12. The van der Waals surface area contributed by atoms with Crippen molar-refractivity contribution in [2.45, 2.75) is 6.42 Å². The number of nitrogens with zero attached hydrogens (tertiary/aromatic N) is 1. The first kappa shape index (κ1) is 8.21. The fourth-order valence-electron chi connectivity index (χ4n) is 1.31. The smallest absolute Gasteiger partial charge is 0.131 e. The summed E-state index contributed by atoms with van der Waals surface area (Å²) >= 11 is 1.48.